The van der Waals surface area contributed by atoms with E-state index in [9.17, 15) is 9.59 Å². The molecule has 2 heterocycles. The molecule has 3 rings (SSSR count). The zero-order chi connectivity index (χ0) is 18.5. The first-order valence-corrected chi connectivity index (χ1v) is 8.11. The standard InChI is InChI=1S/C19H19N3O4/c1-12-8-9-17(26-12)15-10-16(22-21-15)19(24)20-14(11-18(23)25-2)13-6-4-3-5-7-13/h3-10,14H,11H2,1-2H3,(H,20,24)(H,21,22). The molecule has 1 amide bonds. The largest absolute Gasteiger partial charge is 0.469 e. The minimum atomic E-state index is -0.512. The molecule has 134 valence electrons. The molecule has 0 fully saturated rings. The van der Waals surface area contributed by atoms with Crippen molar-refractivity contribution in [1.82, 2.24) is 15.5 Å². The molecule has 0 aliphatic carbocycles. The molecule has 7 heteroatoms. The first-order chi connectivity index (χ1) is 12.6. The van der Waals surface area contributed by atoms with Crippen molar-refractivity contribution in [2.45, 2.75) is 19.4 Å². The summed E-state index contributed by atoms with van der Waals surface area (Å²) in [5.74, 6) is 0.563. The summed E-state index contributed by atoms with van der Waals surface area (Å²) in [6, 6.07) is 14.0. The Kier molecular flexibility index (Phi) is 5.17. The zero-order valence-corrected chi connectivity index (χ0v) is 14.5. The molecule has 1 aromatic carbocycles. The molecule has 1 unspecified atom stereocenters. The molecule has 2 N–H and O–H groups in total. The Bertz CT molecular complexity index is 898. The number of rotatable bonds is 6. The molecular weight excluding hydrogens is 334 g/mol. The first-order valence-electron chi connectivity index (χ1n) is 8.11. The van der Waals surface area contributed by atoms with E-state index >= 15 is 0 Å². The van der Waals surface area contributed by atoms with E-state index in [1.807, 2.05) is 43.3 Å². The van der Waals surface area contributed by atoms with Crippen molar-refractivity contribution in [2.24, 2.45) is 0 Å². The molecule has 0 spiro atoms. The monoisotopic (exact) mass is 353 g/mol. The third kappa shape index (κ3) is 4.00. The molecule has 0 radical (unpaired) electrons. The Morgan fingerprint density at radius 1 is 1.23 bits per heavy atom. The summed E-state index contributed by atoms with van der Waals surface area (Å²) in [5, 5.41) is 9.65. The van der Waals surface area contributed by atoms with E-state index in [1.54, 1.807) is 12.1 Å². The number of amides is 1. The van der Waals surface area contributed by atoms with E-state index < -0.39 is 17.9 Å². The van der Waals surface area contributed by atoms with Gasteiger partial charge >= 0.3 is 5.97 Å². The second-order valence-corrected chi connectivity index (χ2v) is 5.79. The number of esters is 1. The van der Waals surface area contributed by atoms with Crippen LogP contribution in [0.25, 0.3) is 11.5 Å². The summed E-state index contributed by atoms with van der Waals surface area (Å²) >= 11 is 0. The second kappa shape index (κ2) is 7.69. The zero-order valence-electron chi connectivity index (χ0n) is 14.5. The maximum atomic E-state index is 12.6. The number of nitrogens with one attached hydrogen (secondary N) is 2. The number of H-pyrrole nitrogens is 1. The highest BCUT2D eigenvalue weighted by Gasteiger charge is 2.21. The van der Waals surface area contributed by atoms with Crippen molar-refractivity contribution in [3.8, 4) is 11.5 Å². The number of hydrogen-bond donors (Lipinski definition) is 2. The lowest BCUT2D eigenvalue weighted by atomic mass is 10.0. The Balaban J connectivity index is 1.77. The van der Waals surface area contributed by atoms with Crippen LogP contribution >= 0.6 is 0 Å². The average Bonchev–Trinajstić information content (AvgIpc) is 3.30. The summed E-state index contributed by atoms with van der Waals surface area (Å²) < 4.78 is 10.2. The third-order valence-electron chi connectivity index (χ3n) is 3.92. The van der Waals surface area contributed by atoms with Crippen molar-refractivity contribution in [3.63, 3.8) is 0 Å². The lowest BCUT2D eigenvalue weighted by Gasteiger charge is -2.17. The van der Waals surface area contributed by atoms with Crippen LogP contribution in [0.2, 0.25) is 0 Å². The molecule has 1 atom stereocenters. The van der Waals surface area contributed by atoms with Crippen LogP contribution in [0.15, 0.2) is 52.9 Å². The minimum Gasteiger partial charge on any atom is -0.469 e. The molecule has 0 saturated carbocycles. The van der Waals surface area contributed by atoms with Gasteiger partial charge in [-0.2, -0.15) is 5.10 Å². The van der Waals surface area contributed by atoms with Crippen LogP contribution in [-0.2, 0) is 9.53 Å². The summed E-state index contributed by atoms with van der Waals surface area (Å²) in [6.07, 6.45) is 0.0287. The molecule has 0 bridgehead atoms. The van der Waals surface area contributed by atoms with E-state index in [0.717, 1.165) is 11.3 Å². The normalized spacial score (nSPS) is 11.8. The van der Waals surface area contributed by atoms with Crippen LogP contribution in [0.3, 0.4) is 0 Å². The number of aryl methyl sites for hydroxylation is 1. The number of furan rings is 1. The topological polar surface area (TPSA) is 97.2 Å². The smallest absolute Gasteiger partial charge is 0.307 e. The molecule has 2 aromatic heterocycles. The van der Waals surface area contributed by atoms with Gasteiger partial charge in [-0.15, -0.1) is 0 Å². The van der Waals surface area contributed by atoms with Gasteiger partial charge in [0.2, 0.25) is 0 Å². The number of aromatic nitrogens is 2. The lowest BCUT2D eigenvalue weighted by molar-refractivity contribution is -0.141. The SMILES string of the molecule is COC(=O)CC(NC(=O)c1cc(-c2ccc(C)o2)[nH]n1)c1ccccc1. The van der Waals surface area contributed by atoms with Crippen molar-refractivity contribution < 1.29 is 18.7 Å². The number of methoxy groups -OCH3 is 1. The molecule has 3 aromatic rings. The van der Waals surface area contributed by atoms with Crippen LogP contribution in [0.1, 0.15) is 34.3 Å². The minimum absolute atomic E-state index is 0.0287. The van der Waals surface area contributed by atoms with Gasteiger partial charge < -0.3 is 14.5 Å². The Morgan fingerprint density at radius 3 is 2.65 bits per heavy atom. The van der Waals surface area contributed by atoms with Gasteiger partial charge in [0.05, 0.1) is 19.6 Å². The predicted molar refractivity (Wildman–Crippen MR) is 94.3 cm³/mol. The van der Waals surface area contributed by atoms with Crippen molar-refractivity contribution in [2.75, 3.05) is 7.11 Å². The fourth-order valence-corrected chi connectivity index (χ4v) is 2.56. The first kappa shape index (κ1) is 17.5. The van der Waals surface area contributed by atoms with Gasteiger partial charge in [-0.3, -0.25) is 14.7 Å². The fraction of sp³-hybridized carbons (Fsp3) is 0.211. The van der Waals surface area contributed by atoms with Crippen molar-refractivity contribution in [1.29, 1.82) is 0 Å². The highest BCUT2D eigenvalue weighted by atomic mass is 16.5. The summed E-state index contributed by atoms with van der Waals surface area (Å²) in [5.41, 5.74) is 1.62. The predicted octanol–water partition coefficient (Wildman–Crippen LogP) is 3.01. The van der Waals surface area contributed by atoms with E-state index in [1.165, 1.54) is 7.11 Å². The Hall–Kier alpha value is -3.35. The number of hydrogen-bond acceptors (Lipinski definition) is 5. The molecular formula is C19H19N3O4. The molecule has 26 heavy (non-hydrogen) atoms. The van der Waals surface area contributed by atoms with E-state index in [-0.39, 0.29) is 12.1 Å². The van der Waals surface area contributed by atoms with Gasteiger partial charge in [0, 0.05) is 6.07 Å². The summed E-state index contributed by atoms with van der Waals surface area (Å²) in [7, 11) is 1.32. The number of aromatic amines is 1. The number of benzene rings is 1. The number of ether oxygens (including phenoxy) is 1. The second-order valence-electron chi connectivity index (χ2n) is 5.79. The Labute approximate surface area is 150 Å². The van der Waals surface area contributed by atoms with E-state index in [4.69, 9.17) is 9.15 Å². The van der Waals surface area contributed by atoms with E-state index in [2.05, 4.69) is 15.5 Å². The highest BCUT2D eigenvalue weighted by Crippen LogP contribution is 2.21. The van der Waals surface area contributed by atoms with Gasteiger partial charge in [0.15, 0.2) is 11.5 Å². The molecule has 7 nitrogen and oxygen atoms in total. The maximum absolute atomic E-state index is 12.6. The fourth-order valence-electron chi connectivity index (χ4n) is 2.56. The van der Waals surface area contributed by atoms with Crippen molar-refractivity contribution in [3.05, 3.63) is 65.5 Å². The third-order valence-corrected chi connectivity index (χ3v) is 3.92. The number of nitrogens with zero attached hydrogens (tertiary/aromatic N) is 1. The number of carbonyl (C=O) groups is 2. The van der Waals surface area contributed by atoms with Gasteiger partial charge in [-0.05, 0) is 24.6 Å². The van der Waals surface area contributed by atoms with Gasteiger partial charge in [-0.1, -0.05) is 30.3 Å². The average molecular weight is 353 g/mol. The molecule has 0 aliphatic rings. The number of carbonyl (C=O) groups excluding carboxylic acids is 2. The van der Waals surface area contributed by atoms with Crippen LogP contribution in [0, 0.1) is 6.92 Å². The highest BCUT2D eigenvalue weighted by molar-refractivity contribution is 5.93. The summed E-state index contributed by atoms with van der Waals surface area (Å²) in [6.45, 7) is 1.84. The van der Waals surface area contributed by atoms with Crippen molar-refractivity contribution >= 4 is 11.9 Å². The van der Waals surface area contributed by atoms with Gasteiger partial charge in [0.25, 0.3) is 5.91 Å². The Morgan fingerprint density at radius 2 is 2.00 bits per heavy atom. The van der Waals surface area contributed by atoms with Crippen LogP contribution < -0.4 is 5.32 Å². The quantitative estimate of drug-likeness (QED) is 0.664. The molecule has 0 saturated heterocycles. The summed E-state index contributed by atoms with van der Waals surface area (Å²) in [4.78, 5) is 24.3. The van der Waals surface area contributed by atoms with Gasteiger partial charge in [0.1, 0.15) is 11.5 Å². The van der Waals surface area contributed by atoms with E-state index in [0.29, 0.717) is 11.5 Å². The maximum Gasteiger partial charge on any atom is 0.307 e. The van der Waals surface area contributed by atoms with Crippen LogP contribution in [-0.4, -0.2) is 29.2 Å². The molecule has 0 aliphatic heterocycles. The lowest BCUT2D eigenvalue weighted by Crippen LogP contribution is -2.30. The van der Waals surface area contributed by atoms with Crippen LogP contribution in [0.5, 0.6) is 0 Å². The van der Waals surface area contributed by atoms with Gasteiger partial charge in [-0.25, -0.2) is 0 Å². The van der Waals surface area contributed by atoms with Crippen LogP contribution in [0.4, 0.5) is 0 Å².